The van der Waals surface area contributed by atoms with E-state index in [1.54, 1.807) is 19.3 Å². The molecular formula is C46H61N3O7. The number of ether oxygens (including phenoxy) is 2. The van der Waals surface area contributed by atoms with Crippen molar-refractivity contribution < 1.29 is 34.7 Å². The highest BCUT2D eigenvalue weighted by atomic mass is 16.5. The number of nitrogens with zero attached hydrogens (tertiary/aromatic N) is 1. The summed E-state index contributed by atoms with van der Waals surface area (Å²) in [7, 11) is 1.67. The molecule has 0 aliphatic heterocycles. The van der Waals surface area contributed by atoms with Crippen LogP contribution in [0.3, 0.4) is 0 Å². The Morgan fingerprint density at radius 2 is 1.89 bits per heavy atom. The number of guanidine groups is 1. The monoisotopic (exact) mass is 767 g/mol. The zero-order valence-corrected chi connectivity index (χ0v) is 33.3. The Balaban J connectivity index is 1.62. The van der Waals surface area contributed by atoms with Gasteiger partial charge in [0.25, 0.3) is 0 Å². The molecule has 4 aliphatic rings. The van der Waals surface area contributed by atoms with Gasteiger partial charge in [-0.05, 0) is 111 Å². The van der Waals surface area contributed by atoms with Crippen molar-refractivity contribution in [1.29, 1.82) is 0 Å². The molecule has 0 aromatic heterocycles. The molecule has 2 aromatic rings. The summed E-state index contributed by atoms with van der Waals surface area (Å²) < 4.78 is 12.7. The minimum Gasteiger partial charge on any atom is -0.508 e. The first-order chi connectivity index (χ1) is 27.0. The van der Waals surface area contributed by atoms with Crippen LogP contribution in [0.2, 0.25) is 0 Å². The van der Waals surface area contributed by atoms with Gasteiger partial charge in [-0.2, -0.15) is 0 Å². The molecule has 8 N–H and O–H groups in total. The maximum absolute atomic E-state index is 13.4. The van der Waals surface area contributed by atoms with Gasteiger partial charge in [-0.25, -0.2) is 4.99 Å². The molecule has 0 spiro atoms. The second-order valence-corrected chi connectivity index (χ2v) is 16.7. The number of phenolic OH excluding ortho intramolecular Hbond substituents is 2. The van der Waals surface area contributed by atoms with Crippen molar-refractivity contribution in [2.75, 3.05) is 26.9 Å². The number of fused-ring (bicyclic) bond motifs is 6. The third-order valence-corrected chi connectivity index (χ3v) is 12.7. The number of nitrogens with two attached hydrogens (primary N) is 2. The van der Waals surface area contributed by atoms with Crippen LogP contribution < -0.4 is 16.2 Å². The number of methoxy groups -OCH3 is 1. The molecule has 4 aliphatic carbocycles. The van der Waals surface area contributed by atoms with E-state index in [0.29, 0.717) is 54.1 Å². The maximum Gasteiger partial charge on any atom is 0.186 e. The number of hydrogen-bond acceptors (Lipinski definition) is 8. The highest BCUT2D eigenvalue weighted by Crippen LogP contribution is 2.62. The summed E-state index contributed by atoms with van der Waals surface area (Å²) in [5, 5.41) is 44.9. The number of aliphatic hydroxyl groups is 2. The Morgan fingerprint density at radius 1 is 1.11 bits per heavy atom. The van der Waals surface area contributed by atoms with Crippen molar-refractivity contribution in [3.8, 4) is 29.1 Å². The van der Waals surface area contributed by atoms with Crippen LogP contribution in [0.15, 0.2) is 58.6 Å². The predicted octanol–water partition coefficient (Wildman–Crippen LogP) is 6.52. The smallest absolute Gasteiger partial charge is 0.186 e. The van der Waals surface area contributed by atoms with Crippen molar-refractivity contribution in [1.82, 2.24) is 0 Å². The van der Waals surface area contributed by atoms with E-state index in [2.05, 4.69) is 35.9 Å². The van der Waals surface area contributed by atoms with Crippen LogP contribution in [0.5, 0.6) is 17.2 Å². The Hall–Kier alpha value is -4.30. The Bertz CT molecular complexity index is 1880. The highest BCUT2D eigenvalue weighted by Gasteiger charge is 2.54. The molecule has 0 radical (unpaired) electrons. The third kappa shape index (κ3) is 8.96. The molecule has 2 bridgehead atoms. The standard InChI is InChI=1S/C46H61N3O7/c1-4-9-29(25-50)20-34(53)17-16-31-22-41(56-35-13-5-6-14-35)44(54)43-36(31)15-8-11-32(49-45(47)48)23-46(27-51)24-39-37(30-10-7-12-33(52)21-30)18-28(2)19-38(39)42(43)40(46)26-55-3/h7,10,12,20-22,24,28,32,35,37-38,40,42,50-52,54H,4-6,9,11,13-14,16-19,23,25-27H2,1-3H3,(H4,47,48,49)/t28-,32-,37+,38-,40+,42+,46-/m0/s1. The van der Waals surface area contributed by atoms with Gasteiger partial charge in [0, 0.05) is 54.2 Å². The van der Waals surface area contributed by atoms with Gasteiger partial charge in [0.15, 0.2) is 23.2 Å². The van der Waals surface area contributed by atoms with Gasteiger partial charge in [0.1, 0.15) is 5.75 Å². The highest BCUT2D eigenvalue weighted by molar-refractivity contribution is 5.90. The second-order valence-electron chi connectivity index (χ2n) is 16.7. The van der Waals surface area contributed by atoms with Crippen molar-refractivity contribution in [2.24, 2.45) is 39.6 Å². The molecule has 302 valence electrons. The van der Waals surface area contributed by atoms with Gasteiger partial charge < -0.3 is 41.4 Å². The van der Waals surface area contributed by atoms with E-state index in [-0.39, 0.29) is 79.3 Å². The maximum atomic E-state index is 13.4. The first kappa shape index (κ1) is 41.3. The van der Waals surface area contributed by atoms with E-state index < -0.39 is 11.5 Å². The molecule has 6 rings (SSSR count). The summed E-state index contributed by atoms with van der Waals surface area (Å²) in [6, 6.07) is 8.87. The number of carbonyl (C=O) groups is 1. The SMILES string of the molecule is CCCC(=CC(=O)CCc1cc(OC2CCCC2)c(O)c2c1C#CC[C@H](N=C(N)N)C[C@@]1(CO)C=C3[C@@H](c4cccc(O)c4)C[C@H](C)C[C@@H]3[C@@H]2[C@H]1COC)CO. The van der Waals surface area contributed by atoms with Gasteiger partial charge >= 0.3 is 0 Å². The summed E-state index contributed by atoms with van der Waals surface area (Å²) in [6.07, 6.45) is 12.1. The third-order valence-electron chi connectivity index (χ3n) is 12.7. The molecule has 2 fully saturated rings. The summed E-state index contributed by atoms with van der Waals surface area (Å²) >= 11 is 0. The van der Waals surface area contributed by atoms with Crippen molar-refractivity contribution in [2.45, 2.75) is 115 Å². The average Bonchev–Trinajstić information content (AvgIpc) is 3.68. The largest absolute Gasteiger partial charge is 0.508 e. The quantitative estimate of drug-likeness (QED) is 0.0410. The minimum absolute atomic E-state index is 0.0403. The summed E-state index contributed by atoms with van der Waals surface area (Å²) in [5.74, 6) is 6.78. The Kier molecular flexibility index (Phi) is 13.5. The average molecular weight is 768 g/mol. The summed E-state index contributed by atoms with van der Waals surface area (Å²) in [6.45, 7) is 4.18. The number of hydrogen-bond donors (Lipinski definition) is 6. The van der Waals surface area contributed by atoms with Crippen LogP contribution in [0.25, 0.3) is 0 Å². The normalized spacial score (nSPS) is 27.6. The molecule has 2 aromatic carbocycles. The minimum atomic E-state index is -0.877. The van der Waals surface area contributed by atoms with E-state index in [9.17, 15) is 25.2 Å². The number of ketones is 1. The van der Waals surface area contributed by atoms with E-state index in [0.717, 1.165) is 61.6 Å². The number of carbonyl (C=O) groups excluding carboxylic acids is 1. The summed E-state index contributed by atoms with van der Waals surface area (Å²) in [4.78, 5) is 18.1. The van der Waals surface area contributed by atoms with Crippen LogP contribution in [-0.2, 0) is 16.0 Å². The lowest BCUT2D eigenvalue weighted by Crippen LogP contribution is -2.49. The molecule has 2 saturated carbocycles. The van der Waals surface area contributed by atoms with Crippen LogP contribution in [-0.4, -0.2) is 71.2 Å². The fraction of sp³-hybridized carbons (Fsp3) is 0.565. The number of aliphatic hydroxyl groups excluding tert-OH is 2. The van der Waals surface area contributed by atoms with Gasteiger partial charge in [-0.15, -0.1) is 0 Å². The van der Waals surface area contributed by atoms with Gasteiger partial charge in [-0.1, -0.05) is 55.9 Å². The number of aryl methyl sites for hydroxylation is 1. The van der Waals surface area contributed by atoms with Crippen LogP contribution in [0, 0.1) is 35.0 Å². The lowest BCUT2D eigenvalue weighted by Gasteiger charge is -2.54. The zero-order chi connectivity index (χ0) is 40.0. The number of allylic oxidation sites excluding steroid dienone is 2. The first-order valence-corrected chi connectivity index (χ1v) is 20.6. The molecule has 0 heterocycles. The molecule has 7 atom stereocenters. The van der Waals surface area contributed by atoms with Gasteiger partial charge in [0.2, 0.25) is 0 Å². The number of rotatable bonds is 14. The number of benzene rings is 2. The topological polar surface area (TPSA) is 181 Å². The van der Waals surface area contributed by atoms with Gasteiger partial charge in [-0.3, -0.25) is 4.79 Å². The molecule has 10 nitrogen and oxygen atoms in total. The number of aliphatic imine (C=N–C) groups is 1. The summed E-state index contributed by atoms with van der Waals surface area (Å²) in [5.41, 5.74) is 16.1. The number of phenols is 2. The van der Waals surface area contributed by atoms with E-state index in [4.69, 9.17) is 20.9 Å². The Morgan fingerprint density at radius 3 is 2.57 bits per heavy atom. The van der Waals surface area contributed by atoms with Crippen LogP contribution >= 0.6 is 0 Å². The fourth-order valence-corrected chi connectivity index (χ4v) is 10.3. The van der Waals surface area contributed by atoms with Crippen LogP contribution in [0.1, 0.15) is 119 Å². The van der Waals surface area contributed by atoms with Crippen LogP contribution in [0.4, 0.5) is 0 Å². The van der Waals surface area contributed by atoms with Crippen molar-refractivity contribution >= 4 is 11.7 Å². The lowest BCUT2D eigenvalue weighted by molar-refractivity contribution is -0.114. The fourth-order valence-electron chi connectivity index (χ4n) is 10.3. The molecule has 0 saturated heterocycles. The predicted molar refractivity (Wildman–Crippen MR) is 219 cm³/mol. The lowest BCUT2D eigenvalue weighted by atomic mass is 9.51. The van der Waals surface area contributed by atoms with Crippen molar-refractivity contribution in [3.05, 3.63) is 75.9 Å². The second kappa shape index (κ2) is 18.3. The molecule has 10 heteroatoms. The molecule has 56 heavy (non-hydrogen) atoms. The van der Waals surface area contributed by atoms with E-state index in [1.165, 1.54) is 0 Å². The molecular weight excluding hydrogens is 707 g/mol. The van der Waals surface area contributed by atoms with E-state index >= 15 is 0 Å². The molecule has 0 unspecified atom stereocenters. The first-order valence-electron chi connectivity index (χ1n) is 20.6. The van der Waals surface area contributed by atoms with E-state index in [1.807, 2.05) is 25.1 Å². The Labute approximate surface area is 332 Å². The zero-order valence-electron chi connectivity index (χ0n) is 33.3. The van der Waals surface area contributed by atoms with Gasteiger partial charge in [0.05, 0.1) is 32.0 Å². The van der Waals surface area contributed by atoms with Crippen molar-refractivity contribution in [3.63, 3.8) is 0 Å². The number of aromatic hydroxyl groups is 2. The molecule has 0 amide bonds.